The van der Waals surface area contributed by atoms with Crippen molar-refractivity contribution in [2.24, 2.45) is 0 Å². The molecular formula is C51H39BGeN3OPt+. The number of benzene rings is 7. The number of pyridine rings is 1. The van der Waals surface area contributed by atoms with Gasteiger partial charge in [0.2, 0.25) is 11.4 Å². The molecule has 0 saturated carbocycles. The summed E-state index contributed by atoms with van der Waals surface area (Å²) in [6.07, 6.45) is 3.79. The number of fused-ring (bicyclic) bond motifs is 4. The van der Waals surface area contributed by atoms with Crippen molar-refractivity contribution in [2.45, 2.75) is 17.3 Å². The smallest absolute Gasteiger partial charge is 0.0623 e. The van der Waals surface area contributed by atoms with Crippen molar-refractivity contribution in [3.05, 3.63) is 188 Å². The summed E-state index contributed by atoms with van der Waals surface area (Å²) in [6, 6.07) is 36.6. The number of nitrogens with zero attached hydrogens (tertiary/aromatic N) is 3. The van der Waals surface area contributed by atoms with Crippen LogP contribution in [0.15, 0.2) is 176 Å². The van der Waals surface area contributed by atoms with Gasteiger partial charge in [-0.25, -0.2) is 0 Å². The fraction of sp³-hybridized carbons (Fsp3) is 0.0588. The molecule has 7 aromatic carbocycles. The monoisotopic (exact) mass is 999 g/mol. The maximum atomic E-state index is 9.01. The van der Waals surface area contributed by atoms with Crippen LogP contribution in [0.25, 0.3) is 49.9 Å². The van der Waals surface area contributed by atoms with Crippen LogP contribution in [0.2, 0.25) is 17.3 Å². The van der Waals surface area contributed by atoms with E-state index < -0.39 is 80.4 Å². The van der Waals surface area contributed by atoms with Crippen LogP contribution in [0.3, 0.4) is 0 Å². The van der Waals surface area contributed by atoms with Crippen LogP contribution >= 0.6 is 0 Å². The van der Waals surface area contributed by atoms with E-state index in [1.165, 1.54) is 4.40 Å². The van der Waals surface area contributed by atoms with Crippen molar-refractivity contribution in [2.75, 3.05) is 0 Å². The third kappa shape index (κ3) is 6.87. The van der Waals surface area contributed by atoms with Gasteiger partial charge < -0.3 is 0 Å². The van der Waals surface area contributed by atoms with Gasteiger partial charge in [-0.05, 0) is 23.3 Å². The third-order valence-electron chi connectivity index (χ3n) is 10.4. The molecule has 0 N–H and O–H groups in total. The normalized spacial score (nSPS) is 14.7. The van der Waals surface area contributed by atoms with Gasteiger partial charge in [0.05, 0.1) is 24.8 Å². The summed E-state index contributed by atoms with van der Waals surface area (Å²) in [7, 11) is 0. The fourth-order valence-electron chi connectivity index (χ4n) is 7.70. The molecule has 10 rings (SSSR count). The molecule has 0 spiro atoms. The summed E-state index contributed by atoms with van der Waals surface area (Å²) in [5.41, 5.74) is 4.55. The van der Waals surface area contributed by atoms with Gasteiger partial charge in [0.25, 0.3) is 0 Å². The average Bonchev–Trinajstić information content (AvgIpc) is 3.87. The molecule has 0 amide bonds. The Morgan fingerprint density at radius 1 is 0.690 bits per heavy atom. The second-order valence-electron chi connectivity index (χ2n) is 14.9. The van der Waals surface area contributed by atoms with E-state index in [1.54, 1.807) is 18.2 Å². The summed E-state index contributed by atoms with van der Waals surface area (Å²) >= 11 is -2.21. The minimum absolute atomic E-state index is 0. The van der Waals surface area contributed by atoms with Gasteiger partial charge in [-0.2, -0.15) is 4.58 Å². The first kappa shape index (κ1) is 27.8. The molecule has 280 valence electrons. The van der Waals surface area contributed by atoms with Crippen LogP contribution in [0.4, 0.5) is 11.4 Å². The average molecular weight is 998 g/mol. The van der Waals surface area contributed by atoms with Crippen molar-refractivity contribution in [1.29, 1.82) is 0 Å². The number of hydrogen-bond acceptors (Lipinski definition) is 2. The number of para-hydroxylation sites is 3. The van der Waals surface area contributed by atoms with E-state index >= 15 is 0 Å². The van der Waals surface area contributed by atoms with Crippen molar-refractivity contribution in [1.82, 2.24) is 14.1 Å². The zero-order chi connectivity index (χ0) is 47.2. The molecular weight excluding hydrogens is 949 g/mol. The van der Waals surface area contributed by atoms with Gasteiger partial charge in [-0.1, -0.05) is 84.7 Å². The summed E-state index contributed by atoms with van der Waals surface area (Å²) in [5, 5.41) is 2.08. The fourth-order valence-corrected chi connectivity index (χ4v) is 10.1. The molecule has 0 aliphatic carbocycles. The zero-order valence-corrected chi connectivity index (χ0v) is 36.1. The Morgan fingerprint density at radius 3 is 2.10 bits per heavy atom. The molecule has 0 saturated heterocycles. The van der Waals surface area contributed by atoms with Gasteiger partial charge in [-0.15, -0.1) is 0 Å². The van der Waals surface area contributed by atoms with Crippen LogP contribution in [-0.2, 0) is 21.1 Å². The molecule has 9 aromatic rings. The molecule has 2 aromatic heterocycles. The van der Waals surface area contributed by atoms with E-state index in [0.29, 0.717) is 17.2 Å². The second-order valence-corrected chi connectivity index (χ2v) is 25.6. The van der Waals surface area contributed by atoms with Crippen molar-refractivity contribution < 1.29 is 39.5 Å². The minimum Gasteiger partial charge on any atom is -0.0623 e. The second kappa shape index (κ2) is 15.5. The molecule has 0 radical (unpaired) electrons. The Bertz CT molecular complexity index is 3450. The molecule has 0 bridgehead atoms. The van der Waals surface area contributed by atoms with E-state index in [-0.39, 0.29) is 49.0 Å². The van der Waals surface area contributed by atoms with Crippen LogP contribution < -0.4 is 24.6 Å². The number of rotatable bonds is 8. The SMILES string of the molecule is [2H]c1c([2H])c([2H])c(-c2cccc(-c3c([2H])c([2H])c([2H])c([2H])c3[2H])c2[N+]2=CB(c3[c-]c(Oc4[c-]c5c(cc4)c4ccccc4n5-c4c[c]([Ge]([CH3])([CH3])[CH3])ccn4)ccc3)c3ccccc32)c([2H])c1[2H].[Pt+2]. The molecule has 1 aliphatic heterocycles. The minimum atomic E-state index is -2.21. The van der Waals surface area contributed by atoms with Gasteiger partial charge in [0.15, 0.2) is 0 Å². The molecule has 0 fully saturated rings. The predicted molar refractivity (Wildman–Crippen MR) is 242 cm³/mol. The Hall–Kier alpha value is -5.74. The van der Waals surface area contributed by atoms with Gasteiger partial charge in [0, 0.05) is 11.5 Å². The molecule has 0 atom stereocenters. The number of aromatic nitrogens is 2. The number of ether oxygens (including phenoxy) is 1. The molecule has 3 heterocycles. The molecule has 4 nitrogen and oxygen atoms in total. The Kier molecular flexibility index (Phi) is 7.45. The summed E-state index contributed by atoms with van der Waals surface area (Å²) in [4.78, 5) is 4.83. The standard InChI is InChI=1S/C51H39BGeN3O.Pt/c1-53(2,3)39-30-31-54-50(33-39)56-47-26-12-10-22-44(47)45-29-28-41(34-49(45)56)57-40-21-14-20-38(32-40)52-35-55(48-27-13-11-25-46(48)52)51-42(36-16-6-4-7-17-36)23-15-24-43(51)37-18-8-5-9-19-37;/h4-31,33,35H,1-3H3;/q-1;+2/i4D,5D,6D,7D,8D,9D,16D,17D,18D,19D;. The summed E-state index contributed by atoms with van der Waals surface area (Å²) < 4.78 is 98.7. The molecule has 7 heteroatoms. The summed E-state index contributed by atoms with van der Waals surface area (Å²) in [5.74, 6) is 8.80. The van der Waals surface area contributed by atoms with Crippen LogP contribution in [-0.4, -0.2) is 35.6 Å². The van der Waals surface area contributed by atoms with E-state index in [9.17, 15) is 0 Å². The van der Waals surface area contributed by atoms with Crippen LogP contribution in [0.1, 0.15) is 13.7 Å². The quantitative estimate of drug-likeness (QED) is 0.0863. The van der Waals surface area contributed by atoms with Crippen LogP contribution in [0.5, 0.6) is 11.5 Å². The molecule has 1 aliphatic rings. The third-order valence-corrected chi connectivity index (χ3v) is 14.7. The Labute approximate surface area is 371 Å². The van der Waals surface area contributed by atoms with Gasteiger partial charge in [-0.3, -0.25) is 0 Å². The maximum absolute atomic E-state index is 9.01. The Balaban J connectivity index is 0.00000578. The van der Waals surface area contributed by atoms with E-state index in [0.717, 1.165) is 38.5 Å². The topological polar surface area (TPSA) is 30.1 Å². The van der Waals surface area contributed by atoms with Crippen LogP contribution in [0, 0.1) is 12.1 Å². The van der Waals surface area contributed by atoms with E-state index in [4.69, 9.17) is 23.4 Å². The van der Waals surface area contributed by atoms with Crippen molar-refractivity contribution in [3.8, 4) is 39.6 Å². The van der Waals surface area contributed by atoms with Gasteiger partial charge >= 0.3 is 207 Å². The first-order valence-corrected chi connectivity index (χ1v) is 26.0. The number of hydrogen-bond donors (Lipinski definition) is 0. The van der Waals surface area contributed by atoms with Crippen molar-refractivity contribution in [3.63, 3.8) is 0 Å². The van der Waals surface area contributed by atoms with Gasteiger partial charge in [0.1, 0.15) is 6.11 Å². The van der Waals surface area contributed by atoms with E-state index in [1.807, 2.05) is 83.6 Å². The predicted octanol–water partition coefficient (Wildman–Crippen LogP) is 10.5. The summed E-state index contributed by atoms with van der Waals surface area (Å²) in [6.45, 7) is -0.472. The van der Waals surface area contributed by atoms with E-state index in [2.05, 4.69) is 58.2 Å². The zero-order valence-electron chi connectivity index (χ0n) is 41.7. The molecule has 58 heavy (non-hydrogen) atoms. The first-order chi connectivity index (χ1) is 32.0. The van der Waals surface area contributed by atoms with Crippen molar-refractivity contribution >= 4 is 74.6 Å². The first-order valence-electron chi connectivity index (χ1n) is 23.7. The Morgan fingerprint density at radius 2 is 1.36 bits per heavy atom. The molecule has 0 unspecified atom stereocenters.